The lowest BCUT2D eigenvalue weighted by Crippen LogP contribution is -2.41. The largest absolute Gasteiger partial charge is 0.508 e. The van der Waals surface area contributed by atoms with Gasteiger partial charge in [0.1, 0.15) is 34.0 Å². The minimum absolute atomic E-state index is 0.00621. The number of phenols is 3. The van der Waals surface area contributed by atoms with Gasteiger partial charge in [-0.05, 0) is 17.7 Å². The highest BCUT2D eigenvalue weighted by atomic mass is 16.5. The van der Waals surface area contributed by atoms with Gasteiger partial charge in [-0.25, -0.2) is 0 Å². The third-order valence-corrected chi connectivity index (χ3v) is 6.44. The maximum Gasteiger partial charge on any atom is 0.223 e. The molecule has 1 atom stereocenters. The van der Waals surface area contributed by atoms with Crippen molar-refractivity contribution in [3.05, 3.63) is 88.1 Å². The van der Waals surface area contributed by atoms with E-state index < -0.39 is 17.1 Å². The molecule has 1 aliphatic rings. The monoisotopic (exact) mass is 487 g/mol. The van der Waals surface area contributed by atoms with Crippen LogP contribution in [-0.2, 0) is 9.53 Å². The van der Waals surface area contributed by atoms with Gasteiger partial charge in [0.25, 0.3) is 0 Å². The van der Waals surface area contributed by atoms with Crippen LogP contribution in [0.15, 0.2) is 75.9 Å². The Morgan fingerprint density at radius 2 is 1.61 bits per heavy atom. The third kappa shape index (κ3) is 4.50. The van der Waals surface area contributed by atoms with E-state index in [4.69, 9.17) is 9.15 Å². The summed E-state index contributed by atoms with van der Waals surface area (Å²) >= 11 is 0. The van der Waals surface area contributed by atoms with Gasteiger partial charge < -0.3 is 29.4 Å². The number of fused-ring (bicyclic) bond motifs is 1. The number of hydrogen-bond acceptors (Lipinski definition) is 7. The fourth-order valence-electron chi connectivity index (χ4n) is 4.61. The van der Waals surface area contributed by atoms with E-state index in [-0.39, 0.29) is 46.1 Å². The quantitative estimate of drug-likeness (QED) is 0.390. The van der Waals surface area contributed by atoms with Crippen LogP contribution < -0.4 is 5.43 Å². The van der Waals surface area contributed by atoms with E-state index in [2.05, 4.69) is 0 Å². The number of amides is 1. The van der Waals surface area contributed by atoms with Crippen molar-refractivity contribution in [1.29, 1.82) is 0 Å². The second-order valence-corrected chi connectivity index (χ2v) is 8.71. The van der Waals surface area contributed by atoms with Crippen molar-refractivity contribution in [3.8, 4) is 28.6 Å². The lowest BCUT2D eigenvalue weighted by Gasteiger charge is -2.29. The first-order chi connectivity index (χ1) is 17.4. The van der Waals surface area contributed by atoms with E-state index in [1.807, 2.05) is 6.07 Å². The summed E-state index contributed by atoms with van der Waals surface area (Å²) in [6.45, 7) is 1.80. The van der Waals surface area contributed by atoms with E-state index in [9.17, 15) is 24.9 Å². The van der Waals surface area contributed by atoms with Crippen molar-refractivity contribution in [2.45, 2.75) is 12.3 Å². The van der Waals surface area contributed by atoms with E-state index in [0.29, 0.717) is 37.4 Å². The van der Waals surface area contributed by atoms with Crippen LogP contribution >= 0.6 is 0 Å². The number of ether oxygens (including phenoxy) is 1. The van der Waals surface area contributed by atoms with Crippen molar-refractivity contribution in [1.82, 2.24) is 4.90 Å². The molecule has 3 aromatic carbocycles. The van der Waals surface area contributed by atoms with Gasteiger partial charge in [-0.2, -0.15) is 0 Å². The highest BCUT2D eigenvalue weighted by molar-refractivity contribution is 5.91. The lowest BCUT2D eigenvalue weighted by atomic mass is 9.86. The molecule has 1 aliphatic heterocycles. The van der Waals surface area contributed by atoms with Crippen molar-refractivity contribution >= 4 is 16.9 Å². The van der Waals surface area contributed by atoms with Crippen LogP contribution in [0.5, 0.6) is 17.2 Å². The molecule has 0 unspecified atom stereocenters. The van der Waals surface area contributed by atoms with Crippen molar-refractivity contribution < 1.29 is 29.3 Å². The van der Waals surface area contributed by atoms with Crippen LogP contribution in [0.2, 0.25) is 0 Å². The summed E-state index contributed by atoms with van der Waals surface area (Å²) in [6.07, 6.45) is -0.0303. The lowest BCUT2D eigenvalue weighted by molar-refractivity contribution is -0.135. The van der Waals surface area contributed by atoms with Crippen molar-refractivity contribution in [2.24, 2.45) is 0 Å². The van der Waals surface area contributed by atoms with Crippen LogP contribution in [0, 0.1) is 0 Å². The van der Waals surface area contributed by atoms with Crippen LogP contribution in [0.4, 0.5) is 0 Å². The van der Waals surface area contributed by atoms with Gasteiger partial charge in [0, 0.05) is 48.7 Å². The molecule has 3 N–H and O–H groups in total. The molecule has 0 bridgehead atoms. The summed E-state index contributed by atoms with van der Waals surface area (Å²) in [5.74, 6) is -1.28. The molecule has 2 heterocycles. The van der Waals surface area contributed by atoms with Crippen LogP contribution in [0.3, 0.4) is 0 Å². The molecule has 0 saturated carbocycles. The number of benzene rings is 3. The maximum absolute atomic E-state index is 13.3. The third-order valence-electron chi connectivity index (χ3n) is 6.44. The first-order valence-electron chi connectivity index (χ1n) is 11.6. The normalized spacial score (nSPS) is 14.6. The topological polar surface area (TPSA) is 120 Å². The van der Waals surface area contributed by atoms with Gasteiger partial charge in [-0.15, -0.1) is 0 Å². The molecule has 1 saturated heterocycles. The fourth-order valence-corrected chi connectivity index (χ4v) is 4.61. The summed E-state index contributed by atoms with van der Waals surface area (Å²) in [5, 5.41) is 31.3. The number of hydrogen-bond donors (Lipinski definition) is 3. The molecule has 5 rings (SSSR count). The molecule has 1 aromatic heterocycles. The number of morpholine rings is 1. The molecule has 0 spiro atoms. The van der Waals surface area contributed by atoms with Gasteiger partial charge >= 0.3 is 0 Å². The molecule has 4 aromatic rings. The Morgan fingerprint density at radius 1 is 0.917 bits per heavy atom. The SMILES string of the molecule is O=C(C[C@H](c1ccc(O)cc1)c1c(O)cc(O)c2c(=O)cc(-c3ccccc3)oc12)N1CCOCC1. The number of rotatable bonds is 5. The highest BCUT2D eigenvalue weighted by Crippen LogP contribution is 2.43. The van der Waals surface area contributed by atoms with E-state index >= 15 is 0 Å². The number of aromatic hydroxyl groups is 3. The van der Waals surface area contributed by atoms with Gasteiger partial charge in [0.15, 0.2) is 5.43 Å². The maximum atomic E-state index is 13.3. The zero-order valence-corrected chi connectivity index (χ0v) is 19.4. The van der Waals surface area contributed by atoms with E-state index in [1.54, 1.807) is 41.3 Å². The van der Waals surface area contributed by atoms with Gasteiger partial charge in [-0.3, -0.25) is 9.59 Å². The summed E-state index contributed by atoms with van der Waals surface area (Å²) in [4.78, 5) is 28.1. The first kappa shape index (κ1) is 23.4. The summed E-state index contributed by atoms with van der Waals surface area (Å²) in [7, 11) is 0. The van der Waals surface area contributed by atoms with Gasteiger partial charge in [-0.1, -0.05) is 42.5 Å². The Labute approximate surface area is 206 Å². The van der Waals surface area contributed by atoms with Crippen LogP contribution in [-0.4, -0.2) is 52.4 Å². The van der Waals surface area contributed by atoms with Gasteiger partial charge in [0.2, 0.25) is 5.91 Å². The second kappa shape index (κ2) is 9.75. The summed E-state index contributed by atoms with van der Waals surface area (Å²) < 4.78 is 11.5. The predicted molar refractivity (Wildman–Crippen MR) is 133 cm³/mol. The molecule has 36 heavy (non-hydrogen) atoms. The van der Waals surface area contributed by atoms with Crippen LogP contribution in [0.25, 0.3) is 22.3 Å². The number of carbonyl (C=O) groups excluding carboxylic acids is 1. The van der Waals surface area contributed by atoms with Crippen LogP contribution in [0.1, 0.15) is 23.5 Å². The molecule has 0 aliphatic carbocycles. The molecule has 8 nitrogen and oxygen atoms in total. The highest BCUT2D eigenvalue weighted by Gasteiger charge is 2.30. The molecule has 1 fully saturated rings. The number of nitrogens with zero attached hydrogens (tertiary/aromatic N) is 1. The zero-order chi connectivity index (χ0) is 25.2. The molecule has 184 valence electrons. The number of carbonyl (C=O) groups is 1. The first-order valence-corrected chi connectivity index (χ1v) is 11.6. The van der Waals surface area contributed by atoms with E-state index in [0.717, 1.165) is 6.07 Å². The van der Waals surface area contributed by atoms with Crippen molar-refractivity contribution in [3.63, 3.8) is 0 Å². The summed E-state index contributed by atoms with van der Waals surface area (Å²) in [6, 6.07) is 17.7. The Morgan fingerprint density at radius 3 is 2.31 bits per heavy atom. The fraction of sp³-hybridized carbons (Fsp3) is 0.214. The average Bonchev–Trinajstić information content (AvgIpc) is 2.89. The number of phenolic OH excluding ortho intramolecular Hbond substituents is 3. The zero-order valence-electron chi connectivity index (χ0n) is 19.4. The molecular weight excluding hydrogens is 462 g/mol. The second-order valence-electron chi connectivity index (χ2n) is 8.71. The minimum atomic E-state index is -0.724. The van der Waals surface area contributed by atoms with Gasteiger partial charge in [0.05, 0.1) is 13.2 Å². The standard InChI is InChI=1S/C28H25NO7/c30-19-8-6-17(7-9-19)20(14-25(34)29-10-12-35-13-11-29)26-21(31)15-22(32)27-23(33)16-24(36-28(26)27)18-4-2-1-3-5-18/h1-9,15-16,20,30-32H,10-14H2/t20-/m1/s1. The Balaban J connectivity index is 1.71. The van der Waals surface area contributed by atoms with Crippen molar-refractivity contribution in [2.75, 3.05) is 26.3 Å². The summed E-state index contributed by atoms with van der Waals surface area (Å²) in [5.41, 5.74) is 1.02. The molecule has 0 radical (unpaired) electrons. The average molecular weight is 488 g/mol. The Kier molecular flexibility index (Phi) is 6.35. The smallest absolute Gasteiger partial charge is 0.223 e. The Bertz CT molecular complexity index is 1460. The predicted octanol–water partition coefficient (Wildman–Crippen LogP) is 3.96. The minimum Gasteiger partial charge on any atom is -0.508 e. The molecular formula is C28H25NO7. The molecule has 8 heteroatoms. The molecule has 1 amide bonds. The van der Waals surface area contributed by atoms with E-state index in [1.165, 1.54) is 18.2 Å². The Hall–Kier alpha value is -4.30.